The van der Waals surface area contributed by atoms with Crippen LogP contribution in [0.5, 0.6) is 6.01 Å². The Morgan fingerprint density at radius 2 is 2.00 bits per heavy atom. The first-order chi connectivity index (χ1) is 12.7. The minimum absolute atomic E-state index is 0.230. The lowest BCUT2D eigenvalue weighted by molar-refractivity contribution is -0.0363. The quantitative estimate of drug-likeness (QED) is 0.859. The molecule has 0 aromatic carbocycles. The predicted octanol–water partition coefficient (Wildman–Crippen LogP) is 3.07. The Labute approximate surface area is 153 Å². The van der Waals surface area contributed by atoms with E-state index in [9.17, 15) is 0 Å². The van der Waals surface area contributed by atoms with Crippen molar-refractivity contribution in [1.29, 1.82) is 0 Å². The van der Waals surface area contributed by atoms with Crippen molar-refractivity contribution in [2.24, 2.45) is 5.41 Å². The van der Waals surface area contributed by atoms with Gasteiger partial charge in [-0.25, -0.2) is 4.98 Å². The van der Waals surface area contributed by atoms with Crippen LogP contribution in [0.4, 0.5) is 11.6 Å². The molecule has 3 heterocycles. The molecule has 1 aliphatic heterocycles. The van der Waals surface area contributed by atoms with Crippen LogP contribution in [0.3, 0.4) is 0 Å². The zero-order valence-corrected chi connectivity index (χ0v) is 15.2. The zero-order valence-electron chi connectivity index (χ0n) is 15.2. The highest BCUT2D eigenvalue weighted by Gasteiger charge is 2.43. The molecular formula is C19H26N6O. The number of rotatable bonds is 5. The van der Waals surface area contributed by atoms with Gasteiger partial charge in [0.15, 0.2) is 5.82 Å². The minimum Gasteiger partial charge on any atom is -0.460 e. The number of likely N-dealkylation sites (tertiary alicyclic amines) is 1. The van der Waals surface area contributed by atoms with Gasteiger partial charge in [0.25, 0.3) is 0 Å². The van der Waals surface area contributed by atoms with Crippen molar-refractivity contribution < 1.29 is 4.74 Å². The number of aromatic amines is 1. The number of hydrogen-bond acceptors (Lipinski definition) is 6. The lowest BCUT2D eigenvalue weighted by atomic mass is 9.68. The van der Waals surface area contributed by atoms with Crippen molar-refractivity contribution in [3.8, 4) is 6.01 Å². The van der Waals surface area contributed by atoms with Crippen molar-refractivity contribution in [2.45, 2.75) is 50.5 Å². The summed E-state index contributed by atoms with van der Waals surface area (Å²) in [6.45, 7) is 2.48. The Morgan fingerprint density at radius 3 is 2.73 bits per heavy atom. The summed E-state index contributed by atoms with van der Waals surface area (Å²) in [6.07, 6.45) is 9.17. The highest BCUT2D eigenvalue weighted by Crippen LogP contribution is 2.43. The summed E-state index contributed by atoms with van der Waals surface area (Å²) in [5.74, 6) is 2.18. The third kappa shape index (κ3) is 3.28. The minimum atomic E-state index is 0.230. The van der Waals surface area contributed by atoms with Crippen LogP contribution in [0.2, 0.25) is 0 Å². The molecule has 26 heavy (non-hydrogen) atoms. The number of nitrogens with one attached hydrogen (secondary N) is 2. The van der Waals surface area contributed by atoms with E-state index in [0.717, 1.165) is 24.5 Å². The number of anilines is 2. The first-order valence-corrected chi connectivity index (χ1v) is 9.68. The van der Waals surface area contributed by atoms with Crippen LogP contribution < -0.4 is 10.1 Å². The van der Waals surface area contributed by atoms with E-state index in [1.807, 2.05) is 6.07 Å². The van der Waals surface area contributed by atoms with Gasteiger partial charge < -0.3 is 15.0 Å². The van der Waals surface area contributed by atoms with Gasteiger partial charge in [0.2, 0.25) is 0 Å². The van der Waals surface area contributed by atoms with Gasteiger partial charge in [-0.2, -0.15) is 10.1 Å². The predicted molar refractivity (Wildman–Crippen MR) is 98.7 cm³/mol. The van der Waals surface area contributed by atoms with Gasteiger partial charge in [0.1, 0.15) is 11.9 Å². The molecule has 1 saturated heterocycles. The molecule has 2 aliphatic carbocycles. The fourth-order valence-electron chi connectivity index (χ4n) is 4.49. The van der Waals surface area contributed by atoms with E-state index in [4.69, 9.17) is 4.74 Å². The molecule has 2 saturated carbocycles. The fraction of sp³-hybridized carbons (Fsp3) is 0.632. The van der Waals surface area contributed by atoms with E-state index in [-0.39, 0.29) is 6.10 Å². The second-order valence-electron chi connectivity index (χ2n) is 8.32. The number of ether oxygens (including phenoxy) is 1. The second-order valence-corrected chi connectivity index (χ2v) is 8.32. The number of aromatic nitrogens is 4. The van der Waals surface area contributed by atoms with Gasteiger partial charge in [-0.3, -0.25) is 5.10 Å². The molecule has 138 valence electrons. The zero-order chi connectivity index (χ0) is 17.6. The molecule has 5 rings (SSSR count). The maximum absolute atomic E-state index is 6.07. The molecule has 7 nitrogen and oxygen atoms in total. The van der Waals surface area contributed by atoms with E-state index in [1.165, 1.54) is 44.5 Å². The molecule has 2 aromatic rings. The Hall–Kier alpha value is -2.15. The largest absolute Gasteiger partial charge is 0.460 e. The summed E-state index contributed by atoms with van der Waals surface area (Å²) in [6, 6.07) is 4.37. The molecule has 3 aliphatic rings. The van der Waals surface area contributed by atoms with Crippen molar-refractivity contribution in [3.63, 3.8) is 0 Å². The van der Waals surface area contributed by atoms with Gasteiger partial charge >= 0.3 is 6.01 Å². The monoisotopic (exact) mass is 354 g/mol. The van der Waals surface area contributed by atoms with E-state index in [1.54, 1.807) is 6.20 Å². The summed E-state index contributed by atoms with van der Waals surface area (Å²) in [7, 11) is 2.20. The molecule has 2 aromatic heterocycles. The fourth-order valence-corrected chi connectivity index (χ4v) is 4.49. The van der Waals surface area contributed by atoms with E-state index < -0.39 is 0 Å². The first-order valence-electron chi connectivity index (χ1n) is 9.68. The second kappa shape index (κ2) is 6.23. The van der Waals surface area contributed by atoms with Gasteiger partial charge in [0.05, 0.1) is 0 Å². The topological polar surface area (TPSA) is 79.0 Å². The molecular weight excluding hydrogens is 328 g/mol. The van der Waals surface area contributed by atoms with Gasteiger partial charge in [0, 0.05) is 37.0 Å². The number of H-pyrrole nitrogens is 1. The Morgan fingerprint density at radius 1 is 1.19 bits per heavy atom. The molecule has 3 fully saturated rings. The lowest BCUT2D eigenvalue weighted by Crippen LogP contribution is -2.56. The SMILES string of the molecule is CN1CC2(CCC(Oc3nccc(Nc4cc(C5CC5)[nH]n4)n3)CC2)C1. The van der Waals surface area contributed by atoms with Crippen molar-refractivity contribution in [1.82, 2.24) is 25.1 Å². The van der Waals surface area contributed by atoms with Crippen LogP contribution in [-0.4, -0.2) is 51.3 Å². The summed E-state index contributed by atoms with van der Waals surface area (Å²) in [5.41, 5.74) is 1.76. The Bertz CT molecular complexity index is 770. The van der Waals surface area contributed by atoms with E-state index >= 15 is 0 Å². The van der Waals surface area contributed by atoms with Crippen LogP contribution in [-0.2, 0) is 0 Å². The molecule has 0 atom stereocenters. The molecule has 0 radical (unpaired) electrons. The summed E-state index contributed by atoms with van der Waals surface area (Å²) in [4.78, 5) is 11.2. The van der Waals surface area contributed by atoms with Crippen LogP contribution in [0.15, 0.2) is 18.3 Å². The smallest absolute Gasteiger partial charge is 0.318 e. The van der Waals surface area contributed by atoms with Gasteiger partial charge in [-0.1, -0.05) is 0 Å². The van der Waals surface area contributed by atoms with E-state index in [2.05, 4.69) is 43.5 Å². The molecule has 1 spiro atoms. The maximum atomic E-state index is 6.07. The van der Waals surface area contributed by atoms with Gasteiger partial charge in [-0.05, 0) is 57.1 Å². The first kappa shape index (κ1) is 16.1. The highest BCUT2D eigenvalue weighted by atomic mass is 16.5. The summed E-state index contributed by atoms with van der Waals surface area (Å²) < 4.78 is 6.07. The van der Waals surface area contributed by atoms with Crippen molar-refractivity contribution in [3.05, 3.63) is 24.0 Å². The summed E-state index contributed by atoms with van der Waals surface area (Å²) in [5, 5.41) is 10.7. The normalized spacial score (nSPS) is 23.0. The Kier molecular flexibility index (Phi) is 3.85. The lowest BCUT2D eigenvalue weighted by Gasteiger charge is -2.52. The third-order valence-electron chi connectivity index (χ3n) is 5.98. The average molecular weight is 354 g/mol. The number of nitrogens with zero attached hydrogens (tertiary/aromatic N) is 4. The number of hydrogen-bond donors (Lipinski definition) is 2. The average Bonchev–Trinajstić information content (AvgIpc) is 3.36. The van der Waals surface area contributed by atoms with Crippen LogP contribution >= 0.6 is 0 Å². The molecule has 7 heteroatoms. The van der Waals surface area contributed by atoms with Crippen molar-refractivity contribution >= 4 is 11.6 Å². The van der Waals surface area contributed by atoms with E-state index in [0.29, 0.717) is 17.3 Å². The summed E-state index contributed by atoms with van der Waals surface area (Å²) >= 11 is 0. The van der Waals surface area contributed by atoms with Crippen LogP contribution in [0.25, 0.3) is 0 Å². The molecule has 0 amide bonds. The molecule has 2 N–H and O–H groups in total. The van der Waals surface area contributed by atoms with Crippen LogP contribution in [0, 0.1) is 5.41 Å². The molecule has 0 unspecified atom stereocenters. The van der Waals surface area contributed by atoms with Gasteiger partial charge in [-0.15, -0.1) is 0 Å². The Balaban J connectivity index is 1.18. The van der Waals surface area contributed by atoms with Crippen LogP contribution in [0.1, 0.15) is 50.1 Å². The van der Waals surface area contributed by atoms with Crippen molar-refractivity contribution in [2.75, 3.05) is 25.5 Å². The maximum Gasteiger partial charge on any atom is 0.318 e. The highest BCUT2D eigenvalue weighted by molar-refractivity contribution is 5.52. The standard InChI is InChI=1S/C19H26N6O/c1-25-11-19(12-25)7-4-14(5-8-19)26-18-20-9-6-16(22-18)21-17-10-15(23-24-17)13-2-3-13/h6,9-10,13-14H,2-5,7-8,11-12H2,1H3,(H2,20,21,22,23,24). The molecule has 0 bridgehead atoms. The third-order valence-corrected chi connectivity index (χ3v) is 5.98.